The second-order valence-electron chi connectivity index (χ2n) is 3.73. The summed E-state index contributed by atoms with van der Waals surface area (Å²) < 4.78 is 0. The van der Waals surface area contributed by atoms with Crippen molar-refractivity contribution in [1.29, 1.82) is 0 Å². The van der Waals surface area contributed by atoms with Gasteiger partial charge in [-0.1, -0.05) is 25.0 Å². The molecule has 0 saturated heterocycles. The molecule has 2 rings (SSSR count). The van der Waals surface area contributed by atoms with Gasteiger partial charge in [-0.25, -0.2) is 0 Å². The van der Waals surface area contributed by atoms with Crippen LogP contribution in [0.3, 0.4) is 0 Å². The molecule has 9 heavy (non-hydrogen) atoms. The fourth-order valence-corrected chi connectivity index (χ4v) is 2.28. The molecule has 0 heterocycles. The third-order valence-corrected chi connectivity index (χ3v) is 3.23. The Hall–Kier alpha value is -0.260. The summed E-state index contributed by atoms with van der Waals surface area (Å²) in [4.78, 5) is 0. The maximum atomic E-state index is 2.39. The van der Waals surface area contributed by atoms with E-state index in [1.807, 2.05) is 0 Å². The van der Waals surface area contributed by atoms with Crippen LogP contribution in [0.2, 0.25) is 0 Å². The number of rotatable bonds is 0. The van der Waals surface area contributed by atoms with Gasteiger partial charge >= 0.3 is 0 Å². The Bertz CT molecular complexity index is 176. The third-order valence-electron chi connectivity index (χ3n) is 3.23. The van der Waals surface area contributed by atoms with Gasteiger partial charge < -0.3 is 0 Å². The van der Waals surface area contributed by atoms with E-state index >= 15 is 0 Å². The average Bonchev–Trinajstić information content (AvgIpc) is 2.29. The van der Waals surface area contributed by atoms with Gasteiger partial charge in [-0.05, 0) is 25.2 Å². The fourth-order valence-electron chi connectivity index (χ4n) is 2.28. The minimum atomic E-state index is 0.958. The summed E-state index contributed by atoms with van der Waals surface area (Å²) in [6, 6.07) is 0. The summed E-state index contributed by atoms with van der Waals surface area (Å²) in [5, 5.41) is 0. The SMILES string of the molecule is CC1=C2C[C@@H](C)[C@@H](C)C12. The van der Waals surface area contributed by atoms with Crippen LogP contribution in [0.4, 0.5) is 0 Å². The van der Waals surface area contributed by atoms with E-state index in [2.05, 4.69) is 20.8 Å². The first-order valence-corrected chi connectivity index (χ1v) is 3.91. The van der Waals surface area contributed by atoms with Crippen molar-refractivity contribution < 1.29 is 0 Å². The second-order valence-corrected chi connectivity index (χ2v) is 3.73. The van der Waals surface area contributed by atoms with Crippen molar-refractivity contribution in [1.82, 2.24) is 0 Å². The van der Waals surface area contributed by atoms with Gasteiger partial charge in [0.15, 0.2) is 0 Å². The molecule has 0 aromatic carbocycles. The predicted octanol–water partition coefficient (Wildman–Crippen LogP) is 2.61. The standard InChI is InChI=1S/C9H14/c1-5-4-8-7(3)9(8)6(5)2/h5-6,9H,4H2,1-3H3/t5-,6-,9?/m1/s1. The molecule has 50 valence electrons. The molecule has 0 N–H and O–H groups in total. The van der Waals surface area contributed by atoms with Gasteiger partial charge in [0.1, 0.15) is 0 Å². The zero-order chi connectivity index (χ0) is 6.59. The monoisotopic (exact) mass is 122 g/mol. The minimum Gasteiger partial charge on any atom is -0.0660 e. The fraction of sp³-hybridized carbons (Fsp3) is 0.778. The quantitative estimate of drug-likeness (QED) is 0.433. The average molecular weight is 122 g/mol. The van der Waals surface area contributed by atoms with E-state index in [1.165, 1.54) is 6.42 Å². The molecule has 1 saturated carbocycles. The summed E-state index contributed by atoms with van der Waals surface area (Å²) in [6.07, 6.45) is 1.40. The molecule has 0 radical (unpaired) electrons. The lowest BCUT2D eigenvalue weighted by Crippen LogP contribution is -2.04. The number of allylic oxidation sites excluding steroid dienone is 2. The van der Waals surface area contributed by atoms with Crippen LogP contribution in [0.1, 0.15) is 27.2 Å². The Balaban J connectivity index is 2.18. The van der Waals surface area contributed by atoms with Crippen LogP contribution in [0.15, 0.2) is 11.1 Å². The molecule has 0 amide bonds. The highest BCUT2D eigenvalue weighted by atomic mass is 14.5. The largest absolute Gasteiger partial charge is 0.0660 e. The van der Waals surface area contributed by atoms with E-state index in [-0.39, 0.29) is 0 Å². The van der Waals surface area contributed by atoms with Crippen molar-refractivity contribution in [2.75, 3.05) is 0 Å². The van der Waals surface area contributed by atoms with Gasteiger partial charge in [-0.15, -0.1) is 0 Å². The van der Waals surface area contributed by atoms with E-state index < -0.39 is 0 Å². The molecule has 1 fully saturated rings. The molecule has 2 aliphatic carbocycles. The summed E-state index contributed by atoms with van der Waals surface area (Å²) in [6.45, 7) is 7.05. The van der Waals surface area contributed by atoms with Crippen molar-refractivity contribution in [3.05, 3.63) is 11.1 Å². The lowest BCUT2D eigenvalue weighted by molar-refractivity contribution is 0.411. The number of hydrogen-bond donors (Lipinski definition) is 0. The van der Waals surface area contributed by atoms with Gasteiger partial charge in [-0.3, -0.25) is 0 Å². The molecule has 0 aromatic heterocycles. The van der Waals surface area contributed by atoms with E-state index in [1.54, 1.807) is 11.1 Å². The molecular weight excluding hydrogens is 108 g/mol. The van der Waals surface area contributed by atoms with Crippen LogP contribution in [0.5, 0.6) is 0 Å². The molecule has 0 aromatic rings. The van der Waals surface area contributed by atoms with E-state index in [0.29, 0.717) is 0 Å². The molecule has 0 nitrogen and oxygen atoms in total. The lowest BCUT2D eigenvalue weighted by atomic mass is 9.94. The van der Waals surface area contributed by atoms with Crippen molar-refractivity contribution in [3.8, 4) is 0 Å². The van der Waals surface area contributed by atoms with Crippen molar-refractivity contribution >= 4 is 0 Å². The first-order valence-electron chi connectivity index (χ1n) is 3.91. The van der Waals surface area contributed by atoms with Crippen LogP contribution in [-0.2, 0) is 0 Å². The first-order chi connectivity index (χ1) is 4.22. The molecule has 0 bridgehead atoms. The summed E-state index contributed by atoms with van der Waals surface area (Å²) in [5.41, 5.74) is 3.50. The van der Waals surface area contributed by atoms with Gasteiger partial charge in [0.05, 0.1) is 0 Å². The summed E-state index contributed by atoms with van der Waals surface area (Å²) >= 11 is 0. The van der Waals surface area contributed by atoms with Crippen LogP contribution in [-0.4, -0.2) is 0 Å². The first kappa shape index (κ1) is 5.52. The Kier molecular flexibility index (Phi) is 0.870. The zero-order valence-corrected chi connectivity index (χ0v) is 6.44. The predicted molar refractivity (Wildman–Crippen MR) is 39.1 cm³/mol. The van der Waals surface area contributed by atoms with E-state index in [4.69, 9.17) is 0 Å². The van der Waals surface area contributed by atoms with Gasteiger partial charge in [0, 0.05) is 5.92 Å². The van der Waals surface area contributed by atoms with E-state index in [9.17, 15) is 0 Å². The Morgan fingerprint density at radius 1 is 1.33 bits per heavy atom. The smallest absolute Gasteiger partial charge is 0.00383 e. The van der Waals surface area contributed by atoms with Crippen molar-refractivity contribution in [2.24, 2.45) is 17.8 Å². The number of hydrogen-bond acceptors (Lipinski definition) is 0. The van der Waals surface area contributed by atoms with Crippen LogP contribution < -0.4 is 0 Å². The number of fused-ring (bicyclic) bond motifs is 1. The summed E-state index contributed by atoms with van der Waals surface area (Å²) in [5.74, 6) is 2.88. The highest BCUT2D eigenvalue weighted by molar-refractivity contribution is 5.43. The molecule has 2 aliphatic rings. The van der Waals surface area contributed by atoms with Crippen LogP contribution >= 0.6 is 0 Å². The molecule has 3 atom stereocenters. The Morgan fingerprint density at radius 3 is 2.33 bits per heavy atom. The van der Waals surface area contributed by atoms with Crippen molar-refractivity contribution in [2.45, 2.75) is 27.2 Å². The molecule has 0 spiro atoms. The highest BCUT2D eigenvalue weighted by Crippen LogP contribution is 2.56. The minimum absolute atomic E-state index is 0.958. The molecule has 0 aliphatic heterocycles. The third kappa shape index (κ3) is 0.540. The van der Waals surface area contributed by atoms with Gasteiger partial charge in [-0.2, -0.15) is 0 Å². The van der Waals surface area contributed by atoms with Crippen LogP contribution in [0.25, 0.3) is 0 Å². The van der Waals surface area contributed by atoms with E-state index in [0.717, 1.165) is 17.8 Å². The van der Waals surface area contributed by atoms with Gasteiger partial charge in [0.25, 0.3) is 0 Å². The maximum absolute atomic E-state index is 2.39. The van der Waals surface area contributed by atoms with Crippen LogP contribution in [0, 0.1) is 17.8 Å². The topological polar surface area (TPSA) is 0 Å². The Morgan fingerprint density at radius 2 is 2.00 bits per heavy atom. The Labute approximate surface area is 57.0 Å². The highest BCUT2D eigenvalue weighted by Gasteiger charge is 2.45. The van der Waals surface area contributed by atoms with Crippen molar-refractivity contribution in [3.63, 3.8) is 0 Å². The second kappa shape index (κ2) is 1.42. The maximum Gasteiger partial charge on any atom is 0.00383 e. The summed E-state index contributed by atoms with van der Waals surface area (Å²) in [7, 11) is 0. The van der Waals surface area contributed by atoms with Gasteiger partial charge in [0.2, 0.25) is 0 Å². The zero-order valence-electron chi connectivity index (χ0n) is 6.44. The normalized spacial score (nSPS) is 47.7. The molecule has 0 heteroatoms. The molecular formula is C9H14. The lowest BCUT2D eigenvalue weighted by Gasteiger charge is -2.11. The molecule has 1 unspecified atom stereocenters.